The molecular formula is C16H24N4O. The monoisotopic (exact) mass is 288 g/mol. The van der Waals surface area contributed by atoms with Gasteiger partial charge in [0.25, 0.3) is 0 Å². The minimum Gasteiger partial charge on any atom is -0.469 e. The van der Waals surface area contributed by atoms with E-state index < -0.39 is 0 Å². The number of furan rings is 1. The zero-order valence-corrected chi connectivity index (χ0v) is 13.5. The Morgan fingerprint density at radius 1 is 1.38 bits per heavy atom. The van der Waals surface area contributed by atoms with Crippen molar-refractivity contribution in [2.24, 2.45) is 0 Å². The number of anilines is 1. The Kier molecular flexibility index (Phi) is 4.96. The number of hydrogen-bond donors (Lipinski definition) is 1. The van der Waals surface area contributed by atoms with Crippen LogP contribution in [0.15, 0.2) is 22.9 Å². The SMILES string of the molecule is CNCc1nc(C(C)C)ncc1N(C)Cc1ccoc1C. The summed E-state index contributed by atoms with van der Waals surface area (Å²) >= 11 is 0. The highest BCUT2D eigenvalue weighted by atomic mass is 16.3. The van der Waals surface area contributed by atoms with Crippen LogP contribution in [0.2, 0.25) is 0 Å². The second kappa shape index (κ2) is 6.72. The molecule has 0 aromatic carbocycles. The van der Waals surface area contributed by atoms with Crippen molar-refractivity contribution in [3.63, 3.8) is 0 Å². The molecule has 2 rings (SSSR count). The molecule has 21 heavy (non-hydrogen) atoms. The van der Waals surface area contributed by atoms with Crippen LogP contribution in [0.4, 0.5) is 5.69 Å². The quantitative estimate of drug-likeness (QED) is 0.886. The second-order valence-electron chi connectivity index (χ2n) is 5.60. The molecule has 0 fully saturated rings. The maximum absolute atomic E-state index is 5.36. The Labute approximate surface area is 126 Å². The van der Waals surface area contributed by atoms with Crippen molar-refractivity contribution in [2.75, 3.05) is 19.0 Å². The molecule has 2 aromatic heterocycles. The van der Waals surface area contributed by atoms with Crippen molar-refractivity contribution in [2.45, 2.75) is 39.8 Å². The van der Waals surface area contributed by atoms with Gasteiger partial charge in [0.2, 0.25) is 0 Å². The molecule has 114 valence electrons. The van der Waals surface area contributed by atoms with E-state index in [2.05, 4.69) is 36.1 Å². The second-order valence-corrected chi connectivity index (χ2v) is 5.60. The van der Waals surface area contributed by atoms with Crippen LogP contribution < -0.4 is 10.2 Å². The van der Waals surface area contributed by atoms with Gasteiger partial charge in [0, 0.05) is 31.6 Å². The number of nitrogens with zero attached hydrogens (tertiary/aromatic N) is 3. The first-order valence-corrected chi connectivity index (χ1v) is 7.27. The molecular weight excluding hydrogens is 264 g/mol. The van der Waals surface area contributed by atoms with E-state index in [0.717, 1.165) is 36.1 Å². The van der Waals surface area contributed by atoms with Crippen molar-refractivity contribution in [1.29, 1.82) is 0 Å². The first kappa shape index (κ1) is 15.5. The summed E-state index contributed by atoms with van der Waals surface area (Å²) in [5.41, 5.74) is 3.26. The van der Waals surface area contributed by atoms with Gasteiger partial charge in [0.1, 0.15) is 11.6 Å². The number of hydrogen-bond acceptors (Lipinski definition) is 5. The van der Waals surface area contributed by atoms with E-state index in [0.29, 0.717) is 5.92 Å². The van der Waals surface area contributed by atoms with Gasteiger partial charge in [-0.25, -0.2) is 9.97 Å². The molecule has 0 spiro atoms. The highest BCUT2D eigenvalue weighted by Gasteiger charge is 2.14. The minimum atomic E-state index is 0.330. The normalized spacial score (nSPS) is 11.1. The predicted molar refractivity (Wildman–Crippen MR) is 84.4 cm³/mol. The molecule has 0 atom stereocenters. The summed E-state index contributed by atoms with van der Waals surface area (Å²) in [4.78, 5) is 11.3. The van der Waals surface area contributed by atoms with E-state index in [9.17, 15) is 0 Å². The molecule has 1 N–H and O–H groups in total. The molecule has 0 aliphatic heterocycles. The van der Waals surface area contributed by atoms with Crippen molar-refractivity contribution < 1.29 is 4.42 Å². The lowest BCUT2D eigenvalue weighted by molar-refractivity contribution is 0.529. The molecule has 2 aromatic rings. The van der Waals surface area contributed by atoms with Crippen molar-refractivity contribution >= 4 is 5.69 Å². The van der Waals surface area contributed by atoms with Gasteiger partial charge in [-0.05, 0) is 20.0 Å². The fraction of sp³-hybridized carbons (Fsp3) is 0.500. The molecule has 0 radical (unpaired) electrons. The van der Waals surface area contributed by atoms with Gasteiger partial charge in [0.05, 0.1) is 23.8 Å². The topological polar surface area (TPSA) is 54.2 Å². The van der Waals surface area contributed by atoms with Gasteiger partial charge in [0.15, 0.2) is 0 Å². The third-order valence-electron chi connectivity index (χ3n) is 3.51. The molecule has 0 amide bonds. The zero-order valence-electron chi connectivity index (χ0n) is 13.5. The molecule has 0 unspecified atom stereocenters. The van der Waals surface area contributed by atoms with Crippen LogP contribution in [0.3, 0.4) is 0 Å². The Morgan fingerprint density at radius 3 is 2.71 bits per heavy atom. The molecule has 2 heterocycles. The summed E-state index contributed by atoms with van der Waals surface area (Å²) in [6.45, 7) is 7.71. The van der Waals surface area contributed by atoms with Crippen LogP contribution in [0.1, 0.15) is 42.6 Å². The predicted octanol–water partition coefficient (Wildman–Crippen LogP) is 2.86. The Balaban J connectivity index is 2.26. The number of nitrogens with one attached hydrogen (secondary N) is 1. The van der Waals surface area contributed by atoms with Crippen molar-refractivity contribution in [1.82, 2.24) is 15.3 Å². The van der Waals surface area contributed by atoms with Crippen LogP contribution in [0.25, 0.3) is 0 Å². The van der Waals surface area contributed by atoms with Gasteiger partial charge < -0.3 is 14.6 Å². The van der Waals surface area contributed by atoms with Gasteiger partial charge >= 0.3 is 0 Å². The van der Waals surface area contributed by atoms with Gasteiger partial charge in [-0.15, -0.1) is 0 Å². The average Bonchev–Trinajstić information content (AvgIpc) is 2.84. The standard InChI is InChI=1S/C16H24N4O/c1-11(2)16-18-9-15(14(19-16)8-17-4)20(5)10-13-6-7-21-12(13)3/h6-7,9,11,17H,8,10H2,1-5H3. The molecule has 5 heteroatoms. The summed E-state index contributed by atoms with van der Waals surface area (Å²) < 4.78 is 5.36. The largest absolute Gasteiger partial charge is 0.469 e. The first-order valence-electron chi connectivity index (χ1n) is 7.27. The van der Waals surface area contributed by atoms with Gasteiger partial charge in [-0.2, -0.15) is 0 Å². The number of rotatable bonds is 6. The molecule has 0 aliphatic rings. The molecule has 0 saturated carbocycles. The zero-order chi connectivity index (χ0) is 15.4. The number of aromatic nitrogens is 2. The lowest BCUT2D eigenvalue weighted by atomic mass is 10.2. The molecule has 5 nitrogen and oxygen atoms in total. The summed E-state index contributed by atoms with van der Waals surface area (Å²) in [7, 11) is 3.99. The van der Waals surface area contributed by atoms with Crippen LogP contribution in [-0.4, -0.2) is 24.1 Å². The van der Waals surface area contributed by atoms with Gasteiger partial charge in [-0.1, -0.05) is 13.8 Å². The maximum Gasteiger partial charge on any atom is 0.131 e. The van der Waals surface area contributed by atoms with Crippen LogP contribution in [-0.2, 0) is 13.1 Å². The van der Waals surface area contributed by atoms with E-state index in [-0.39, 0.29) is 0 Å². The number of aryl methyl sites for hydroxylation is 1. The Morgan fingerprint density at radius 2 is 2.14 bits per heavy atom. The lowest BCUT2D eigenvalue weighted by Crippen LogP contribution is -2.22. The van der Waals surface area contributed by atoms with Crippen LogP contribution in [0.5, 0.6) is 0 Å². The highest BCUT2D eigenvalue weighted by Crippen LogP contribution is 2.22. The lowest BCUT2D eigenvalue weighted by Gasteiger charge is -2.22. The van der Waals surface area contributed by atoms with E-state index in [4.69, 9.17) is 9.40 Å². The first-order chi connectivity index (χ1) is 10.0. The highest BCUT2D eigenvalue weighted by molar-refractivity contribution is 5.49. The van der Waals surface area contributed by atoms with Gasteiger partial charge in [-0.3, -0.25) is 0 Å². The molecule has 0 aliphatic carbocycles. The average molecular weight is 288 g/mol. The Hall–Kier alpha value is -1.88. The minimum absolute atomic E-state index is 0.330. The smallest absolute Gasteiger partial charge is 0.131 e. The third-order valence-corrected chi connectivity index (χ3v) is 3.51. The van der Waals surface area contributed by atoms with E-state index in [1.807, 2.05) is 26.2 Å². The van der Waals surface area contributed by atoms with Crippen LogP contribution in [0, 0.1) is 6.92 Å². The summed E-state index contributed by atoms with van der Waals surface area (Å²) in [6, 6.07) is 2.01. The van der Waals surface area contributed by atoms with Crippen LogP contribution >= 0.6 is 0 Å². The Bertz CT molecular complexity index is 592. The fourth-order valence-corrected chi connectivity index (χ4v) is 2.24. The summed E-state index contributed by atoms with van der Waals surface area (Å²) in [5, 5.41) is 3.18. The summed E-state index contributed by atoms with van der Waals surface area (Å²) in [5.74, 6) is 2.17. The fourth-order valence-electron chi connectivity index (χ4n) is 2.24. The van der Waals surface area contributed by atoms with Crippen molar-refractivity contribution in [3.8, 4) is 0 Å². The summed E-state index contributed by atoms with van der Waals surface area (Å²) in [6.07, 6.45) is 3.65. The van der Waals surface area contributed by atoms with Crippen molar-refractivity contribution in [3.05, 3.63) is 41.4 Å². The van der Waals surface area contributed by atoms with E-state index in [1.54, 1.807) is 6.26 Å². The molecule has 0 saturated heterocycles. The third kappa shape index (κ3) is 3.61. The maximum atomic E-state index is 5.36. The van der Waals surface area contributed by atoms with E-state index in [1.165, 1.54) is 5.56 Å². The van der Waals surface area contributed by atoms with E-state index >= 15 is 0 Å². The molecule has 0 bridgehead atoms.